The molecule has 2 fully saturated rings. The first-order valence-corrected chi connectivity index (χ1v) is 9.92. The van der Waals surface area contributed by atoms with Crippen molar-refractivity contribution in [1.82, 2.24) is 15.1 Å². The topological polar surface area (TPSA) is 108 Å². The molecule has 10 heteroatoms. The summed E-state index contributed by atoms with van der Waals surface area (Å²) in [5, 5.41) is 16.7. The van der Waals surface area contributed by atoms with Gasteiger partial charge in [0.15, 0.2) is 0 Å². The van der Waals surface area contributed by atoms with Gasteiger partial charge in [-0.1, -0.05) is 12.1 Å². The number of nitro groups is 1. The number of likely N-dealkylation sites (tertiary alicyclic amines) is 2. The van der Waals surface area contributed by atoms with Crippen molar-refractivity contribution in [3.63, 3.8) is 0 Å². The summed E-state index contributed by atoms with van der Waals surface area (Å²) >= 11 is 0. The maximum Gasteiger partial charge on any atom is 0.322 e. The molecule has 0 saturated carbocycles. The molecule has 4 rings (SSSR count). The van der Waals surface area contributed by atoms with E-state index in [4.69, 9.17) is 0 Å². The number of anilines is 1. The second-order valence-electron chi connectivity index (χ2n) is 7.81. The van der Waals surface area contributed by atoms with Crippen LogP contribution >= 0.6 is 0 Å². The highest BCUT2D eigenvalue weighted by Crippen LogP contribution is 2.34. The van der Waals surface area contributed by atoms with Gasteiger partial charge in [-0.05, 0) is 35.4 Å². The molecule has 2 aliphatic rings. The fourth-order valence-corrected chi connectivity index (χ4v) is 4.29. The van der Waals surface area contributed by atoms with Gasteiger partial charge in [-0.2, -0.15) is 0 Å². The van der Waals surface area contributed by atoms with Crippen molar-refractivity contribution in [3.05, 3.63) is 58.4 Å². The number of fused-ring (bicyclic) bond motifs is 1. The van der Waals surface area contributed by atoms with E-state index in [0.29, 0.717) is 37.3 Å². The van der Waals surface area contributed by atoms with E-state index >= 15 is 0 Å². The van der Waals surface area contributed by atoms with Crippen molar-refractivity contribution >= 4 is 23.4 Å². The van der Waals surface area contributed by atoms with Gasteiger partial charge in [0.2, 0.25) is 0 Å². The lowest BCUT2D eigenvalue weighted by molar-refractivity contribution is -0.383. The van der Waals surface area contributed by atoms with E-state index in [1.807, 2.05) is 0 Å². The predicted molar refractivity (Wildman–Crippen MR) is 112 cm³/mol. The third-order valence-corrected chi connectivity index (χ3v) is 5.89. The highest BCUT2D eigenvalue weighted by molar-refractivity contribution is 5.93. The van der Waals surface area contributed by atoms with E-state index in [-0.39, 0.29) is 35.1 Å². The van der Waals surface area contributed by atoms with Gasteiger partial charge in [-0.3, -0.25) is 10.1 Å². The number of nitrogens with one attached hydrogen (secondary N) is 2. The van der Waals surface area contributed by atoms with Gasteiger partial charge in [0.1, 0.15) is 11.5 Å². The molecule has 0 radical (unpaired) electrons. The molecule has 2 aliphatic heterocycles. The standard InChI is InChI=1S/C21H22FN5O4/c1-23-20(28)25-9-15-11-26(12-16(15)10-25)21(29)24-18-8-14(4-7-19(18)27(30)31)13-2-5-17(22)6-3-13/h2-8,15-16H,9-12H2,1H3,(H,23,28)(H,24,29). The van der Waals surface area contributed by atoms with E-state index in [2.05, 4.69) is 10.6 Å². The molecule has 2 saturated heterocycles. The molecule has 2 aromatic carbocycles. The molecule has 0 aliphatic carbocycles. The van der Waals surface area contributed by atoms with Crippen LogP contribution in [-0.4, -0.2) is 60.0 Å². The number of hydrogen-bond acceptors (Lipinski definition) is 4. The highest BCUT2D eigenvalue weighted by atomic mass is 19.1. The molecule has 9 nitrogen and oxygen atoms in total. The van der Waals surface area contributed by atoms with Crippen LogP contribution in [0.25, 0.3) is 11.1 Å². The number of carbonyl (C=O) groups excluding carboxylic acids is 2. The average Bonchev–Trinajstić information content (AvgIpc) is 3.33. The monoisotopic (exact) mass is 427 g/mol. The summed E-state index contributed by atoms with van der Waals surface area (Å²) in [7, 11) is 1.59. The number of amides is 4. The van der Waals surface area contributed by atoms with Crippen LogP contribution in [0.1, 0.15) is 0 Å². The maximum atomic E-state index is 13.2. The molecule has 2 aromatic rings. The molecule has 2 heterocycles. The Labute approximate surface area is 178 Å². The van der Waals surface area contributed by atoms with E-state index in [9.17, 15) is 24.1 Å². The van der Waals surface area contributed by atoms with Crippen LogP contribution in [0, 0.1) is 27.8 Å². The van der Waals surface area contributed by atoms with Crippen molar-refractivity contribution in [1.29, 1.82) is 0 Å². The second-order valence-corrected chi connectivity index (χ2v) is 7.81. The molecule has 4 amide bonds. The number of urea groups is 2. The number of rotatable bonds is 3. The predicted octanol–water partition coefficient (Wildman–Crippen LogP) is 3.14. The lowest BCUT2D eigenvalue weighted by atomic mass is 10.0. The third kappa shape index (κ3) is 4.14. The fourth-order valence-electron chi connectivity index (χ4n) is 4.29. The van der Waals surface area contributed by atoms with Crippen molar-refractivity contribution < 1.29 is 18.9 Å². The van der Waals surface area contributed by atoms with Gasteiger partial charge in [0.25, 0.3) is 5.69 Å². The van der Waals surface area contributed by atoms with E-state index in [0.717, 1.165) is 0 Å². The van der Waals surface area contributed by atoms with Crippen LogP contribution < -0.4 is 10.6 Å². The van der Waals surface area contributed by atoms with E-state index < -0.39 is 11.0 Å². The maximum absolute atomic E-state index is 13.2. The Morgan fingerprint density at radius 2 is 1.52 bits per heavy atom. The van der Waals surface area contributed by atoms with Crippen LogP contribution in [0.15, 0.2) is 42.5 Å². The molecule has 2 atom stereocenters. The Morgan fingerprint density at radius 1 is 0.968 bits per heavy atom. The highest BCUT2D eigenvalue weighted by Gasteiger charge is 2.43. The Balaban J connectivity index is 1.49. The van der Waals surface area contributed by atoms with Crippen LogP contribution in [-0.2, 0) is 0 Å². The normalized spacial score (nSPS) is 19.8. The number of hydrogen-bond donors (Lipinski definition) is 2. The SMILES string of the molecule is CNC(=O)N1CC2CN(C(=O)Nc3cc(-c4ccc(F)cc4)ccc3[N+](=O)[O-])CC2C1. The van der Waals surface area contributed by atoms with Gasteiger partial charge in [-0.25, -0.2) is 14.0 Å². The number of nitrogens with zero attached hydrogens (tertiary/aromatic N) is 3. The molecule has 2 unspecified atom stereocenters. The minimum Gasteiger partial charge on any atom is -0.341 e. The van der Waals surface area contributed by atoms with Gasteiger partial charge >= 0.3 is 12.1 Å². The zero-order valence-electron chi connectivity index (χ0n) is 16.9. The summed E-state index contributed by atoms with van der Waals surface area (Å²) in [5.41, 5.74) is 1.17. The zero-order chi connectivity index (χ0) is 22.1. The van der Waals surface area contributed by atoms with Crippen LogP contribution in [0.2, 0.25) is 0 Å². The van der Waals surface area contributed by atoms with E-state index in [1.165, 1.54) is 24.3 Å². The minimum atomic E-state index is -0.552. The quantitative estimate of drug-likeness (QED) is 0.580. The molecule has 0 bridgehead atoms. The minimum absolute atomic E-state index is 0.0841. The fraction of sp³-hybridized carbons (Fsp3) is 0.333. The number of halogens is 1. The van der Waals surface area contributed by atoms with E-state index in [1.54, 1.807) is 35.0 Å². The Kier molecular flexibility index (Phi) is 5.45. The van der Waals surface area contributed by atoms with Crippen LogP contribution in [0.5, 0.6) is 0 Å². The summed E-state index contributed by atoms with van der Waals surface area (Å²) < 4.78 is 13.2. The lowest BCUT2D eigenvalue weighted by Crippen LogP contribution is -2.40. The smallest absolute Gasteiger partial charge is 0.322 e. The Morgan fingerprint density at radius 3 is 2.06 bits per heavy atom. The van der Waals surface area contributed by atoms with Crippen molar-refractivity contribution in [2.24, 2.45) is 11.8 Å². The molecule has 0 aromatic heterocycles. The largest absolute Gasteiger partial charge is 0.341 e. The number of carbonyl (C=O) groups is 2. The van der Waals surface area contributed by atoms with Gasteiger partial charge in [-0.15, -0.1) is 0 Å². The van der Waals surface area contributed by atoms with Crippen LogP contribution in [0.4, 0.5) is 25.4 Å². The van der Waals surface area contributed by atoms with Gasteiger partial charge in [0, 0.05) is 51.1 Å². The number of benzene rings is 2. The van der Waals surface area contributed by atoms with Gasteiger partial charge in [0.05, 0.1) is 4.92 Å². The third-order valence-electron chi connectivity index (χ3n) is 5.89. The summed E-state index contributed by atoms with van der Waals surface area (Å²) in [5.74, 6) is -0.0130. The van der Waals surface area contributed by atoms with Crippen molar-refractivity contribution in [3.8, 4) is 11.1 Å². The first-order chi connectivity index (χ1) is 14.9. The number of nitro benzene ring substituents is 1. The summed E-state index contributed by atoms with van der Waals surface area (Å²) in [4.78, 5) is 38.9. The first-order valence-electron chi connectivity index (χ1n) is 9.92. The first kappa shape index (κ1) is 20.6. The van der Waals surface area contributed by atoms with Crippen molar-refractivity contribution in [2.45, 2.75) is 0 Å². The summed E-state index contributed by atoms with van der Waals surface area (Å²) in [6.45, 7) is 2.12. The van der Waals surface area contributed by atoms with Crippen LogP contribution in [0.3, 0.4) is 0 Å². The molecule has 2 N–H and O–H groups in total. The van der Waals surface area contributed by atoms with Gasteiger partial charge < -0.3 is 20.4 Å². The lowest BCUT2D eigenvalue weighted by Gasteiger charge is -2.22. The average molecular weight is 427 g/mol. The molecular formula is C21H22FN5O4. The molecular weight excluding hydrogens is 405 g/mol. The molecule has 31 heavy (non-hydrogen) atoms. The summed E-state index contributed by atoms with van der Waals surface area (Å²) in [6, 6.07) is 9.62. The molecule has 162 valence electrons. The molecule has 0 spiro atoms. The second kappa shape index (κ2) is 8.21. The zero-order valence-corrected chi connectivity index (χ0v) is 16.9. The Hall–Kier alpha value is -3.69. The Bertz CT molecular complexity index is 1010. The van der Waals surface area contributed by atoms with Crippen molar-refractivity contribution in [2.75, 3.05) is 38.5 Å². The summed E-state index contributed by atoms with van der Waals surface area (Å²) in [6.07, 6.45) is 0.